The van der Waals surface area contributed by atoms with Gasteiger partial charge in [-0.15, -0.1) is 0 Å². The molecule has 0 aromatic heterocycles. The summed E-state index contributed by atoms with van der Waals surface area (Å²) in [6, 6.07) is 8.41. The van der Waals surface area contributed by atoms with E-state index < -0.39 is 11.6 Å². The van der Waals surface area contributed by atoms with Gasteiger partial charge in [-0.05, 0) is 50.1 Å². The highest BCUT2D eigenvalue weighted by atomic mass is 35.5. The highest BCUT2D eigenvalue weighted by Gasteiger charge is 2.09. The number of nitrogens with zero attached hydrogens (tertiary/aromatic N) is 1. The summed E-state index contributed by atoms with van der Waals surface area (Å²) in [5, 5.41) is 0.366. The zero-order valence-corrected chi connectivity index (χ0v) is 15.7. The molecule has 0 atom stereocenters. The summed E-state index contributed by atoms with van der Waals surface area (Å²) >= 11 is 6.13. The predicted molar refractivity (Wildman–Crippen MR) is 103 cm³/mol. The summed E-state index contributed by atoms with van der Waals surface area (Å²) < 4.78 is 37.7. The molecule has 27 heavy (non-hydrogen) atoms. The number of benzene rings is 2. The Morgan fingerprint density at radius 1 is 0.963 bits per heavy atom. The zero-order chi connectivity index (χ0) is 19.1. The van der Waals surface area contributed by atoms with Gasteiger partial charge in [-0.2, -0.15) is 0 Å². The topological polar surface area (TPSA) is 21.7 Å². The molecule has 6 heteroatoms. The van der Waals surface area contributed by atoms with E-state index in [0.29, 0.717) is 23.1 Å². The van der Waals surface area contributed by atoms with Crippen molar-refractivity contribution in [1.82, 2.24) is 4.90 Å². The van der Waals surface area contributed by atoms with Crippen molar-refractivity contribution in [1.29, 1.82) is 0 Å². The standard InChI is InChI=1S/C21H22ClF2NO2/c22-18-8-6-16(26-13-5-4-12-25-10-2-1-3-11-25)15-21(18)27-17-7-9-19(23)20(24)14-17/h1-2,6-9,14-15H,3-5,10-13H2. The average molecular weight is 394 g/mol. The molecule has 0 saturated carbocycles. The lowest BCUT2D eigenvalue weighted by molar-refractivity contribution is 0.263. The maximum Gasteiger partial charge on any atom is 0.162 e. The van der Waals surface area contributed by atoms with Crippen LogP contribution in [0.4, 0.5) is 8.78 Å². The van der Waals surface area contributed by atoms with E-state index in [0.717, 1.165) is 51.0 Å². The van der Waals surface area contributed by atoms with Crippen LogP contribution in [0, 0.1) is 11.6 Å². The van der Waals surface area contributed by atoms with E-state index in [9.17, 15) is 8.78 Å². The first-order valence-corrected chi connectivity index (χ1v) is 9.42. The van der Waals surface area contributed by atoms with Crippen molar-refractivity contribution in [3.63, 3.8) is 0 Å². The Bertz CT molecular complexity index is 798. The molecule has 0 amide bonds. The first kappa shape index (κ1) is 19.6. The summed E-state index contributed by atoms with van der Waals surface area (Å²) in [5.74, 6) is -0.770. The van der Waals surface area contributed by atoms with Crippen LogP contribution in [0.3, 0.4) is 0 Å². The first-order valence-electron chi connectivity index (χ1n) is 9.04. The van der Waals surface area contributed by atoms with E-state index in [-0.39, 0.29) is 5.75 Å². The highest BCUT2D eigenvalue weighted by Crippen LogP contribution is 2.33. The summed E-state index contributed by atoms with van der Waals surface area (Å²) in [7, 11) is 0. The molecule has 0 aliphatic carbocycles. The zero-order valence-electron chi connectivity index (χ0n) is 15.0. The second-order valence-corrected chi connectivity index (χ2v) is 6.79. The van der Waals surface area contributed by atoms with Gasteiger partial charge in [0.15, 0.2) is 11.6 Å². The second kappa shape index (κ2) is 9.72. The molecule has 0 fully saturated rings. The average Bonchev–Trinajstić information content (AvgIpc) is 2.68. The highest BCUT2D eigenvalue weighted by molar-refractivity contribution is 6.32. The number of ether oxygens (including phenoxy) is 2. The lowest BCUT2D eigenvalue weighted by Gasteiger charge is -2.22. The van der Waals surface area contributed by atoms with E-state index in [1.165, 1.54) is 6.07 Å². The van der Waals surface area contributed by atoms with Crippen LogP contribution in [0.5, 0.6) is 17.2 Å². The van der Waals surface area contributed by atoms with Crippen LogP contribution >= 0.6 is 11.6 Å². The van der Waals surface area contributed by atoms with E-state index in [1.54, 1.807) is 18.2 Å². The summed E-state index contributed by atoms with van der Waals surface area (Å²) in [6.45, 7) is 3.82. The minimum atomic E-state index is -0.972. The number of hydrogen-bond acceptors (Lipinski definition) is 3. The molecule has 0 unspecified atom stereocenters. The van der Waals surface area contributed by atoms with Gasteiger partial charge in [0.1, 0.15) is 17.2 Å². The molecular formula is C21H22ClF2NO2. The number of rotatable bonds is 8. The fourth-order valence-corrected chi connectivity index (χ4v) is 3.00. The van der Waals surface area contributed by atoms with Crippen LogP contribution in [0.2, 0.25) is 5.02 Å². The monoisotopic (exact) mass is 393 g/mol. The minimum Gasteiger partial charge on any atom is -0.493 e. The third kappa shape index (κ3) is 5.94. The minimum absolute atomic E-state index is 0.170. The largest absolute Gasteiger partial charge is 0.493 e. The fourth-order valence-electron chi connectivity index (χ4n) is 2.84. The van der Waals surface area contributed by atoms with Crippen molar-refractivity contribution in [3.8, 4) is 17.2 Å². The van der Waals surface area contributed by atoms with Crippen LogP contribution in [0.25, 0.3) is 0 Å². The maximum absolute atomic E-state index is 13.3. The van der Waals surface area contributed by atoms with Crippen LogP contribution in [0.1, 0.15) is 19.3 Å². The molecule has 1 aliphatic heterocycles. The van der Waals surface area contributed by atoms with E-state index in [4.69, 9.17) is 21.1 Å². The van der Waals surface area contributed by atoms with Gasteiger partial charge < -0.3 is 9.47 Å². The molecule has 1 aliphatic rings. The van der Waals surface area contributed by atoms with Crippen LogP contribution in [-0.2, 0) is 0 Å². The molecule has 2 aromatic carbocycles. The van der Waals surface area contributed by atoms with Crippen molar-refractivity contribution in [2.45, 2.75) is 19.3 Å². The predicted octanol–water partition coefficient (Wildman–Crippen LogP) is 5.83. The first-order chi connectivity index (χ1) is 13.1. The van der Waals surface area contributed by atoms with Crippen LogP contribution < -0.4 is 9.47 Å². The molecule has 0 radical (unpaired) electrons. The number of hydrogen-bond donors (Lipinski definition) is 0. The Kier molecular flexibility index (Phi) is 7.07. The van der Waals surface area contributed by atoms with Crippen molar-refractivity contribution >= 4 is 11.6 Å². The van der Waals surface area contributed by atoms with Crippen LogP contribution in [-0.4, -0.2) is 31.1 Å². The lowest BCUT2D eigenvalue weighted by atomic mass is 10.2. The molecular weight excluding hydrogens is 372 g/mol. The molecule has 2 aromatic rings. The fraction of sp³-hybridized carbons (Fsp3) is 0.333. The van der Waals surface area contributed by atoms with Crippen molar-refractivity contribution in [2.24, 2.45) is 0 Å². The van der Waals surface area contributed by atoms with Gasteiger partial charge in [0.05, 0.1) is 11.6 Å². The molecule has 0 spiro atoms. The molecule has 1 heterocycles. The molecule has 0 N–H and O–H groups in total. The van der Waals surface area contributed by atoms with Gasteiger partial charge in [0, 0.05) is 25.2 Å². The van der Waals surface area contributed by atoms with E-state index >= 15 is 0 Å². The normalized spacial score (nSPS) is 14.3. The van der Waals surface area contributed by atoms with Crippen molar-refractivity contribution in [2.75, 3.05) is 26.2 Å². The van der Waals surface area contributed by atoms with Gasteiger partial charge in [0.25, 0.3) is 0 Å². The molecule has 144 valence electrons. The molecule has 0 bridgehead atoms. The van der Waals surface area contributed by atoms with Crippen molar-refractivity contribution in [3.05, 3.63) is 65.2 Å². The van der Waals surface area contributed by atoms with E-state index in [1.807, 2.05) is 0 Å². The van der Waals surface area contributed by atoms with Gasteiger partial charge in [0.2, 0.25) is 0 Å². The van der Waals surface area contributed by atoms with Gasteiger partial charge in [-0.25, -0.2) is 8.78 Å². The van der Waals surface area contributed by atoms with Gasteiger partial charge in [-0.1, -0.05) is 23.8 Å². The third-order valence-electron chi connectivity index (χ3n) is 4.30. The quantitative estimate of drug-likeness (QED) is 0.416. The SMILES string of the molecule is Fc1ccc(Oc2cc(OCCCCN3CC=CCC3)ccc2Cl)cc1F. The maximum atomic E-state index is 13.3. The van der Waals surface area contributed by atoms with E-state index in [2.05, 4.69) is 17.1 Å². The second-order valence-electron chi connectivity index (χ2n) is 6.39. The van der Waals surface area contributed by atoms with Crippen molar-refractivity contribution < 1.29 is 18.3 Å². The summed E-state index contributed by atoms with van der Waals surface area (Å²) in [6.07, 6.45) is 7.58. The van der Waals surface area contributed by atoms with Crippen LogP contribution in [0.15, 0.2) is 48.6 Å². The number of halogens is 3. The van der Waals surface area contributed by atoms with Gasteiger partial charge >= 0.3 is 0 Å². The third-order valence-corrected chi connectivity index (χ3v) is 4.61. The summed E-state index contributed by atoms with van der Waals surface area (Å²) in [5.41, 5.74) is 0. The van der Waals surface area contributed by atoms with Gasteiger partial charge in [-0.3, -0.25) is 4.90 Å². The lowest BCUT2D eigenvalue weighted by Crippen LogP contribution is -2.28. The smallest absolute Gasteiger partial charge is 0.162 e. The Labute approximate surface area is 163 Å². The molecule has 3 nitrogen and oxygen atoms in total. The Morgan fingerprint density at radius 3 is 2.59 bits per heavy atom. The number of unbranched alkanes of at least 4 members (excludes halogenated alkanes) is 1. The molecule has 0 saturated heterocycles. The Hall–Kier alpha value is -2.11. The summed E-state index contributed by atoms with van der Waals surface area (Å²) in [4.78, 5) is 2.43. The Morgan fingerprint density at radius 2 is 1.81 bits per heavy atom. The molecule has 3 rings (SSSR count). The Balaban J connectivity index is 1.49.